The Labute approximate surface area is 120 Å². The Morgan fingerprint density at radius 2 is 2.20 bits per heavy atom. The Kier molecular flexibility index (Phi) is 7.69. The van der Waals surface area contributed by atoms with E-state index >= 15 is 0 Å². The first-order chi connectivity index (χ1) is 6.67. The van der Waals surface area contributed by atoms with Crippen LogP contribution in [0.25, 0.3) is 0 Å². The van der Waals surface area contributed by atoms with Gasteiger partial charge in [0, 0.05) is 5.69 Å². The fourth-order valence-corrected chi connectivity index (χ4v) is 1.11. The fraction of sp³-hybridized carbons (Fsp3) is 0.364. The first-order valence-corrected chi connectivity index (χ1v) is 4.99. The van der Waals surface area contributed by atoms with Gasteiger partial charge < -0.3 is 18.6 Å². The molecule has 0 aliphatic heterocycles. The molecule has 2 nitrogen and oxygen atoms in total. The van der Waals surface area contributed by atoms with Crippen LogP contribution in [0.3, 0.4) is 0 Å². The minimum Gasteiger partial charge on any atom is -0.509 e. The smallest absolute Gasteiger partial charge is 0.509 e. The van der Waals surface area contributed by atoms with Gasteiger partial charge in [-0.25, -0.2) is 4.98 Å². The molecule has 0 saturated carbocycles. The van der Waals surface area contributed by atoms with Gasteiger partial charge in [0.2, 0.25) is 5.88 Å². The van der Waals surface area contributed by atoms with E-state index in [2.05, 4.69) is 18.8 Å². The SMILES string of the molecule is [CH2-]CC([CH2-])Oc1nc(CC)ccc1Cl.[U+2]. The van der Waals surface area contributed by atoms with Gasteiger partial charge in [0.05, 0.1) is 0 Å². The number of rotatable bonds is 4. The van der Waals surface area contributed by atoms with Crippen molar-refractivity contribution < 1.29 is 35.9 Å². The third-order valence-electron chi connectivity index (χ3n) is 1.83. The molecule has 0 radical (unpaired) electrons. The van der Waals surface area contributed by atoms with Crippen molar-refractivity contribution in [1.82, 2.24) is 4.98 Å². The summed E-state index contributed by atoms with van der Waals surface area (Å²) in [7, 11) is 0. The molecule has 1 aromatic heterocycles. The molecule has 0 aromatic carbocycles. The zero-order valence-corrected chi connectivity index (χ0v) is 13.7. The number of halogens is 1. The van der Waals surface area contributed by atoms with E-state index in [9.17, 15) is 0 Å². The monoisotopic (exact) mass is 449 g/mol. The summed E-state index contributed by atoms with van der Waals surface area (Å²) < 4.78 is 5.42. The van der Waals surface area contributed by atoms with Gasteiger partial charge in [-0.1, -0.05) is 18.5 Å². The Morgan fingerprint density at radius 3 is 2.73 bits per heavy atom. The molecular formula is C11H14ClNOU. The number of hydrogen-bond acceptors (Lipinski definition) is 2. The number of hydrogen-bond donors (Lipinski definition) is 0. The Bertz CT molecular complexity index is 307. The van der Waals surface area contributed by atoms with Crippen molar-refractivity contribution in [3.05, 3.63) is 36.7 Å². The molecule has 0 amide bonds. The summed E-state index contributed by atoms with van der Waals surface area (Å²) in [6, 6.07) is 3.68. The largest absolute Gasteiger partial charge is 2.00 e. The molecule has 1 rings (SSSR count). The molecular weight excluding hydrogens is 436 g/mol. The van der Waals surface area contributed by atoms with Crippen LogP contribution in [-0.2, 0) is 6.42 Å². The second-order valence-electron chi connectivity index (χ2n) is 2.97. The normalized spacial score (nSPS) is 11.7. The van der Waals surface area contributed by atoms with Crippen molar-refractivity contribution in [2.24, 2.45) is 0 Å². The van der Waals surface area contributed by atoms with Crippen LogP contribution in [0.1, 0.15) is 19.0 Å². The summed E-state index contributed by atoms with van der Waals surface area (Å²) in [5.74, 6) is 0.453. The molecule has 0 aliphatic carbocycles. The molecule has 1 atom stereocenters. The topological polar surface area (TPSA) is 22.1 Å². The maximum atomic E-state index is 5.92. The average molecular weight is 450 g/mol. The zero-order valence-electron chi connectivity index (χ0n) is 8.79. The molecule has 0 N–H and O–H groups in total. The standard InChI is InChI=1S/C11H14ClNO.U/c1-4-8(3)14-11-10(12)7-6-9(5-2)13-11;/h6-8H,1,3-5H2,2H3;/q-2;+2. The molecule has 80 valence electrons. The van der Waals surface area contributed by atoms with Crippen molar-refractivity contribution in [3.63, 3.8) is 0 Å². The van der Waals surface area contributed by atoms with Crippen LogP contribution in [0, 0.1) is 45.0 Å². The van der Waals surface area contributed by atoms with Crippen LogP contribution in [0.4, 0.5) is 0 Å². The fourth-order valence-electron chi connectivity index (χ4n) is 0.958. The van der Waals surface area contributed by atoms with E-state index in [-0.39, 0.29) is 37.2 Å². The van der Waals surface area contributed by atoms with Crippen LogP contribution in [0.5, 0.6) is 5.88 Å². The minimum atomic E-state index is -0.202. The molecule has 1 unspecified atom stereocenters. The van der Waals surface area contributed by atoms with Gasteiger partial charge in [0.25, 0.3) is 0 Å². The van der Waals surface area contributed by atoms with Crippen LogP contribution in [-0.4, -0.2) is 11.1 Å². The Morgan fingerprint density at radius 1 is 1.53 bits per heavy atom. The average Bonchev–Trinajstić information content (AvgIpc) is 2.21. The maximum absolute atomic E-state index is 5.92. The predicted molar refractivity (Wildman–Crippen MR) is 58.4 cm³/mol. The Hall–Kier alpha value is 0.292. The van der Waals surface area contributed by atoms with Crippen LogP contribution < -0.4 is 4.74 Å². The molecule has 1 aromatic rings. The van der Waals surface area contributed by atoms with E-state index in [0.717, 1.165) is 12.1 Å². The number of aromatic nitrogens is 1. The zero-order chi connectivity index (χ0) is 10.6. The van der Waals surface area contributed by atoms with Gasteiger partial charge in [-0.3, -0.25) is 0 Å². The summed E-state index contributed by atoms with van der Waals surface area (Å²) in [6.45, 7) is 9.49. The van der Waals surface area contributed by atoms with Crippen LogP contribution >= 0.6 is 11.6 Å². The number of aryl methyl sites for hydroxylation is 1. The molecule has 0 spiro atoms. The van der Waals surface area contributed by atoms with E-state index < -0.39 is 0 Å². The molecule has 0 bridgehead atoms. The Balaban J connectivity index is 0.00000196. The first kappa shape index (κ1) is 15.3. The van der Waals surface area contributed by atoms with Crippen molar-refractivity contribution >= 4 is 11.6 Å². The number of pyridine rings is 1. The second kappa shape index (κ2) is 7.55. The summed E-state index contributed by atoms with van der Waals surface area (Å²) in [5, 5.41) is 0.518. The van der Waals surface area contributed by atoms with Crippen LogP contribution in [0.15, 0.2) is 12.1 Å². The predicted octanol–water partition coefficient (Wildman–Crippen LogP) is 3.10. The van der Waals surface area contributed by atoms with E-state index in [0.29, 0.717) is 17.3 Å². The molecule has 0 aliphatic rings. The number of nitrogens with zero attached hydrogens (tertiary/aromatic N) is 1. The summed E-state index contributed by atoms with van der Waals surface area (Å²) in [4.78, 5) is 4.26. The molecule has 0 saturated heterocycles. The van der Waals surface area contributed by atoms with Gasteiger partial charge in [0.1, 0.15) is 5.02 Å². The van der Waals surface area contributed by atoms with E-state index in [1.807, 2.05) is 13.0 Å². The number of ether oxygens (including phenoxy) is 1. The molecule has 1 heterocycles. The molecule has 4 heteroatoms. The minimum absolute atomic E-state index is 0. The van der Waals surface area contributed by atoms with Crippen molar-refractivity contribution in [1.29, 1.82) is 0 Å². The van der Waals surface area contributed by atoms with Crippen molar-refractivity contribution in [2.45, 2.75) is 25.9 Å². The van der Waals surface area contributed by atoms with Crippen molar-refractivity contribution in [3.8, 4) is 5.88 Å². The molecule has 15 heavy (non-hydrogen) atoms. The summed E-state index contributed by atoms with van der Waals surface area (Å²) in [6.07, 6.45) is 1.25. The third kappa shape index (κ3) is 4.76. The summed E-state index contributed by atoms with van der Waals surface area (Å²) >= 11 is 5.92. The second-order valence-corrected chi connectivity index (χ2v) is 3.38. The third-order valence-corrected chi connectivity index (χ3v) is 2.12. The van der Waals surface area contributed by atoms with Gasteiger partial charge in [-0.05, 0) is 24.7 Å². The van der Waals surface area contributed by atoms with Gasteiger partial charge >= 0.3 is 31.1 Å². The van der Waals surface area contributed by atoms with Gasteiger partial charge in [-0.2, -0.15) is 6.42 Å². The van der Waals surface area contributed by atoms with E-state index in [1.165, 1.54) is 0 Å². The van der Waals surface area contributed by atoms with Gasteiger partial charge in [0.15, 0.2) is 0 Å². The van der Waals surface area contributed by atoms with Crippen LogP contribution in [0.2, 0.25) is 5.02 Å². The van der Waals surface area contributed by atoms with Gasteiger partial charge in [-0.15, -0.1) is 0 Å². The molecule has 0 fully saturated rings. The summed E-state index contributed by atoms with van der Waals surface area (Å²) in [5.41, 5.74) is 0.959. The van der Waals surface area contributed by atoms with E-state index in [4.69, 9.17) is 16.3 Å². The van der Waals surface area contributed by atoms with E-state index in [1.54, 1.807) is 6.07 Å². The van der Waals surface area contributed by atoms with Crippen molar-refractivity contribution in [2.75, 3.05) is 0 Å². The quantitative estimate of drug-likeness (QED) is 0.659. The first-order valence-electron chi connectivity index (χ1n) is 4.61. The maximum Gasteiger partial charge on any atom is 2.00 e.